The first-order valence-corrected chi connectivity index (χ1v) is 16.9. The van der Waals surface area contributed by atoms with Gasteiger partial charge in [0.25, 0.3) is 8.32 Å². The fourth-order valence-electron chi connectivity index (χ4n) is 6.69. The molecule has 1 heterocycles. The number of nitrogens with zero attached hydrogens (tertiary/aromatic N) is 2. The van der Waals surface area contributed by atoms with Gasteiger partial charge in [-0.3, -0.25) is 9.64 Å². The number of rotatable bonds is 6. The Bertz CT molecular complexity index is 1310. The Balaban J connectivity index is 1.76. The zero-order chi connectivity index (χ0) is 31.0. The molecule has 6 nitrogen and oxygen atoms in total. The van der Waals surface area contributed by atoms with E-state index in [4.69, 9.17) is 15.7 Å². The van der Waals surface area contributed by atoms with Crippen molar-refractivity contribution in [2.75, 3.05) is 6.54 Å². The maximum Gasteiger partial charge on any atom is 0.416 e. The number of carbonyl (C=O) groups is 2. The van der Waals surface area contributed by atoms with Gasteiger partial charge in [0.1, 0.15) is 5.60 Å². The van der Waals surface area contributed by atoms with Gasteiger partial charge in [0.05, 0.1) is 12.5 Å². The molecular formula is C35H46N2O4Si. The molecule has 0 radical (unpaired) electrons. The molecule has 0 aromatic heterocycles. The maximum absolute atomic E-state index is 13.6. The van der Waals surface area contributed by atoms with Crippen LogP contribution in [0.4, 0.5) is 4.79 Å². The Kier molecular flexibility index (Phi) is 8.66. The lowest BCUT2D eigenvalue weighted by Crippen LogP contribution is -2.69. The zero-order valence-electron chi connectivity index (χ0n) is 26.4. The number of likely N-dealkylation sites (tertiary alicyclic amines) is 1. The number of benzene rings is 2. The van der Waals surface area contributed by atoms with Gasteiger partial charge in [0, 0.05) is 24.3 Å². The van der Waals surface area contributed by atoms with Crippen LogP contribution in [0.1, 0.15) is 74.7 Å². The molecule has 0 bridgehead atoms. The van der Waals surface area contributed by atoms with Gasteiger partial charge in [-0.15, -0.1) is 0 Å². The number of allylic oxidation sites excluding steroid dienone is 1. The van der Waals surface area contributed by atoms with E-state index < -0.39 is 37.0 Å². The lowest BCUT2D eigenvalue weighted by molar-refractivity contribution is -0.127. The number of ether oxygens (including phenoxy) is 1. The molecule has 42 heavy (non-hydrogen) atoms. The van der Waals surface area contributed by atoms with Crippen molar-refractivity contribution in [3.05, 3.63) is 84.2 Å². The summed E-state index contributed by atoms with van der Waals surface area (Å²) in [5, 5.41) is 2.12. The van der Waals surface area contributed by atoms with Crippen LogP contribution in [0.15, 0.2) is 72.8 Å². The van der Waals surface area contributed by atoms with E-state index in [0.717, 1.165) is 0 Å². The molecule has 1 amide bonds. The summed E-state index contributed by atoms with van der Waals surface area (Å²) in [5.74, 6) is -0.538. The summed E-state index contributed by atoms with van der Waals surface area (Å²) in [5.41, 5.74) is -2.45. The lowest BCUT2D eigenvalue weighted by Gasteiger charge is -2.50. The highest BCUT2D eigenvalue weighted by Gasteiger charge is 2.59. The number of amides is 1. The van der Waals surface area contributed by atoms with Crippen molar-refractivity contribution in [1.82, 2.24) is 4.90 Å². The van der Waals surface area contributed by atoms with Gasteiger partial charge in [0.2, 0.25) is 0 Å². The molecule has 1 fully saturated rings. The van der Waals surface area contributed by atoms with Crippen LogP contribution in [0.25, 0.3) is 4.85 Å². The molecule has 2 aromatic rings. The SMILES string of the molecule is [C-]#[N+][C@@]1(C[C@@H]2C(=O)C=C[C@H](O[Si](c3ccccc3)(c3ccccc3)C(C)(C)C)C2(C)C)CCCN1C(=O)OC(C)(C)C. The van der Waals surface area contributed by atoms with E-state index in [-0.39, 0.29) is 23.3 Å². The largest absolute Gasteiger partial charge is 0.444 e. The van der Waals surface area contributed by atoms with Crippen molar-refractivity contribution in [3.63, 3.8) is 0 Å². The third-order valence-electron chi connectivity index (χ3n) is 8.95. The molecular weight excluding hydrogens is 540 g/mol. The summed E-state index contributed by atoms with van der Waals surface area (Å²) in [6.45, 7) is 25.0. The van der Waals surface area contributed by atoms with Gasteiger partial charge in [-0.1, -0.05) is 101 Å². The van der Waals surface area contributed by atoms with E-state index >= 15 is 0 Å². The third-order valence-corrected chi connectivity index (χ3v) is 14.0. The molecule has 2 aliphatic rings. The van der Waals surface area contributed by atoms with Crippen LogP contribution in [0.5, 0.6) is 0 Å². The summed E-state index contributed by atoms with van der Waals surface area (Å²) < 4.78 is 13.2. The summed E-state index contributed by atoms with van der Waals surface area (Å²) >= 11 is 0. The van der Waals surface area contributed by atoms with Gasteiger partial charge in [0.15, 0.2) is 5.78 Å². The van der Waals surface area contributed by atoms with Crippen molar-refractivity contribution in [1.29, 1.82) is 0 Å². The van der Waals surface area contributed by atoms with Gasteiger partial charge in [-0.2, -0.15) is 0 Å². The number of carbonyl (C=O) groups excluding carboxylic acids is 2. The smallest absolute Gasteiger partial charge is 0.416 e. The Morgan fingerprint density at radius 3 is 2.02 bits per heavy atom. The normalized spacial score (nSPS) is 24.4. The Morgan fingerprint density at radius 1 is 1.00 bits per heavy atom. The molecule has 0 unspecified atom stereocenters. The minimum absolute atomic E-state index is 0.0265. The summed E-state index contributed by atoms with van der Waals surface area (Å²) in [7, 11) is -2.91. The highest BCUT2D eigenvalue weighted by molar-refractivity contribution is 6.99. The highest BCUT2D eigenvalue weighted by atomic mass is 28.4. The fraction of sp³-hybridized carbons (Fsp3) is 0.514. The van der Waals surface area contributed by atoms with Crippen LogP contribution < -0.4 is 10.4 Å². The standard InChI is InChI=1S/C35H46N2O4Si/c1-32(2,3)40-31(39)37-24-16-23-35(37,36-9)25-28-29(38)21-22-30(34(28,7)8)41-42(33(4,5)6,26-17-12-10-13-18-26)27-19-14-11-15-20-27/h10-15,17-22,28,30H,16,23-25H2,1-8H3/t28-,30+,35+/m1/s1. The van der Waals surface area contributed by atoms with E-state index in [1.807, 2.05) is 39.0 Å². The second-order valence-electron chi connectivity index (χ2n) is 14.4. The van der Waals surface area contributed by atoms with Crippen LogP contribution in [-0.2, 0) is 14.0 Å². The Hall–Kier alpha value is -3.21. The second-order valence-corrected chi connectivity index (χ2v) is 18.6. The molecule has 3 atom stereocenters. The highest BCUT2D eigenvalue weighted by Crippen LogP contribution is 2.48. The summed E-state index contributed by atoms with van der Waals surface area (Å²) in [6, 6.07) is 21.0. The van der Waals surface area contributed by atoms with E-state index in [0.29, 0.717) is 19.4 Å². The van der Waals surface area contributed by atoms with Crippen LogP contribution in [0.3, 0.4) is 0 Å². The van der Waals surface area contributed by atoms with Gasteiger partial charge < -0.3 is 9.16 Å². The van der Waals surface area contributed by atoms with Crippen molar-refractivity contribution < 1.29 is 18.8 Å². The fourth-order valence-corrected chi connectivity index (χ4v) is 11.5. The predicted octanol–water partition coefficient (Wildman–Crippen LogP) is 6.75. The van der Waals surface area contributed by atoms with Crippen LogP contribution in [0, 0.1) is 17.9 Å². The topological polar surface area (TPSA) is 60.2 Å². The average Bonchev–Trinajstić information content (AvgIpc) is 3.34. The molecule has 2 aromatic carbocycles. The molecule has 7 heteroatoms. The molecule has 0 saturated carbocycles. The van der Waals surface area contributed by atoms with E-state index in [9.17, 15) is 9.59 Å². The summed E-state index contributed by atoms with van der Waals surface area (Å²) in [4.78, 5) is 32.5. The zero-order valence-corrected chi connectivity index (χ0v) is 27.4. The van der Waals surface area contributed by atoms with E-state index in [1.165, 1.54) is 10.4 Å². The molecule has 0 spiro atoms. The van der Waals surface area contributed by atoms with Gasteiger partial charge in [-0.05, 0) is 48.7 Å². The van der Waals surface area contributed by atoms with E-state index in [2.05, 4.69) is 88.0 Å². The number of ketones is 1. The average molecular weight is 587 g/mol. The molecule has 0 N–H and O–H groups in total. The van der Waals surface area contributed by atoms with Crippen LogP contribution in [0.2, 0.25) is 5.04 Å². The quantitative estimate of drug-likeness (QED) is 0.278. The number of hydrogen-bond donors (Lipinski definition) is 0. The van der Waals surface area contributed by atoms with Crippen molar-refractivity contribution in [2.24, 2.45) is 11.3 Å². The minimum Gasteiger partial charge on any atom is -0.444 e. The first-order chi connectivity index (χ1) is 19.6. The second kappa shape index (κ2) is 11.5. The molecule has 1 aliphatic carbocycles. The Morgan fingerprint density at radius 2 is 1.55 bits per heavy atom. The molecule has 4 rings (SSSR count). The monoisotopic (exact) mass is 586 g/mol. The van der Waals surface area contributed by atoms with E-state index in [1.54, 1.807) is 11.0 Å². The van der Waals surface area contributed by atoms with Crippen molar-refractivity contribution >= 4 is 30.6 Å². The Labute approximate surface area is 253 Å². The summed E-state index contributed by atoms with van der Waals surface area (Å²) in [6.07, 6.45) is 4.14. The van der Waals surface area contributed by atoms with Gasteiger partial charge in [-0.25, -0.2) is 16.3 Å². The van der Waals surface area contributed by atoms with Gasteiger partial charge >= 0.3 is 11.8 Å². The molecule has 224 valence electrons. The number of hydrogen-bond acceptors (Lipinski definition) is 4. The van der Waals surface area contributed by atoms with Crippen LogP contribution >= 0.6 is 0 Å². The maximum atomic E-state index is 13.6. The molecule has 1 aliphatic heterocycles. The predicted molar refractivity (Wildman–Crippen MR) is 170 cm³/mol. The van der Waals surface area contributed by atoms with Crippen molar-refractivity contribution in [3.8, 4) is 0 Å². The first kappa shape index (κ1) is 31.7. The molecule has 1 saturated heterocycles. The minimum atomic E-state index is -2.91. The van der Waals surface area contributed by atoms with Crippen LogP contribution in [-0.4, -0.2) is 49.0 Å². The van der Waals surface area contributed by atoms with Crippen molar-refractivity contribution in [2.45, 2.75) is 97.1 Å². The first-order valence-electron chi connectivity index (χ1n) is 15.0. The lowest BCUT2D eigenvalue weighted by atomic mass is 9.66. The third kappa shape index (κ3) is 5.84.